The standard InChI is InChI=1S/C25H28N4O2/c1-3-8-23-27-17-20(18-12-14-26-15-13-18)24(28-23)21-10-6-7-16-29(21)25(30)19-9-4-5-11-22(19)31-2/h4-5,9,11-15,17,21H,3,6-8,10,16H2,1-2H3/t21-/m0/s1. The molecule has 1 aromatic carbocycles. The largest absolute Gasteiger partial charge is 0.496 e. The van der Waals surface area contributed by atoms with Crippen molar-refractivity contribution in [2.75, 3.05) is 13.7 Å². The number of aryl methyl sites for hydroxylation is 1. The Kier molecular flexibility index (Phi) is 6.55. The van der Waals surface area contributed by atoms with Gasteiger partial charge in [-0.3, -0.25) is 9.78 Å². The number of benzene rings is 1. The van der Waals surface area contributed by atoms with Crippen LogP contribution in [0.2, 0.25) is 0 Å². The first-order valence-corrected chi connectivity index (χ1v) is 10.9. The Balaban J connectivity index is 1.78. The molecule has 3 aromatic rings. The molecule has 6 heteroatoms. The van der Waals surface area contributed by atoms with Crippen molar-refractivity contribution >= 4 is 5.91 Å². The lowest BCUT2D eigenvalue weighted by Gasteiger charge is -2.36. The van der Waals surface area contributed by atoms with Gasteiger partial charge in [-0.1, -0.05) is 19.1 Å². The van der Waals surface area contributed by atoms with E-state index in [0.29, 0.717) is 17.9 Å². The third kappa shape index (κ3) is 4.43. The van der Waals surface area contributed by atoms with Crippen molar-refractivity contribution in [1.29, 1.82) is 0 Å². The fraction of sp³-hybridized carbons (Fsp3) is 0.360. The minimum Gasteiger partial charge on any atom is -0.496 e. The Morgan fingerprint density at radius 1 is 1.16 bits per heavy atom. The van der Waals surface area contributed by atoms with Crippen LogP contribution in [0.25, 0.3) is 11.1 Å². The van der Waals surface area contributed by atoms with E-state index in [2.05, 4.69) is 16.9 Å². The van der Waals surface area contributed by atoms with E-state index in [0.717, 1.165) is 54.7 Å². The van der Waals surface area contributed by atoms with Crippen LogP contribution in [-0.4, -0.2) is 39.4 Å². The number of methoxy groups -OCH3 is 1. The van der Waals surface area contributed by atoms with E-state index in [1.165, 1.54) is 0 Å². The van der Waals surface area contributed by atoms with Gasteiger partial charge in [-0.15, -0.1) is 0 Å². The predicted octanol–water partition coefficient (Wildman–Crippen LogP) is 4.87. The number of pyridine rings is 1. The van der Waals surface area contributed by atoms with Gasteiger partial charge in [-0.2, -0.15) is 0 Å². The highest BCUT2D eigenvalue weighted by atomic mass is 16.5. The lowest BCUT2D eigenvalue weighted by molar-refractivity contribution is 0.0603. The molecule has 1 aliphatic heterocycles. The van der Waals surface area contributed by atoms with E-state index in [9.17, 15) is 4.79 Å². The SMILES string of the molecule is CCCc1ncc(-c2ccncc2)c([C@@H]2CCCCN2C(=O)c2ccccc2OC)n1. The molecule has 160 valence electrons. The minimum atomic E-state index is -0.104. The summed E-state index contributed by atoms with van der Waals surface area (Å²) in [6, 6.07) is 11.3. The highest BCUT2D eigenvalue weighted by Gasteiger charge is 2.33. The van der Waals surface area contributed by atoms with Crippen molar-refractivity contribution in [3.8, 4) is 16.9 Å². The van der Waals surface area contributed by atoms with Gasteiger partial charge >= 0.3 is 0 Å². The van der Waals surface area contributed by atoms with Crippen LogP contribution in [0.3, 0.4) is 0 Å². The molecular weight excluding hydrogens is 388 g/mol. The normalized spacial score (nSPS) is 16.2. The van der Waals surface area contributed by atoms with E-state index >= 15 is 0 Å². The molecule has 31 heavy (non-hydrogen) atoms. The van der Waals surface area contributed by atoms with Crippen LogP contribution in [0.5, 0.6) is 5.75 Å². The maximum Gasteiger partial charge on any atom is 0.258 e. The Hall–Kier alpha value is -3.28. The lowest BCUT2D eigenvalue weighted by Crippen LogP contribution is -2.39. The Bertz CT molecular complexity index is 1040. The van der Waals surface area contributed by atoms with Crippen LogP contribution in [0.4, 0.5) is 0 Å². The smallest absolute Gasteiger partial charge is 0.258 e. The van der Waals surface area contributed by atoms with Gasteiger partial charge in [-0.25, -0.2) is 9.97 Å². The van der Waals surface area contributed by atoms with Crippen LogP contribution in [-0.2, 0) is 6.42 Å². The molecule has 3 heterocycles. The molecule has 0 aliphatic carbocycles. The second-order valence-corrected chi connectivity index (χ2v) is 7.78. The van der Waals surface area contributed by atoms with Crippen LogP contribution < -0.4 is 4.74 Å². The topological polar surface area (TPSA) is 68.2 Å². The van der Waals surface area contributed by atoms with E-state index in [4.69, 9.17) is 9.72 Å². The number of hydrogen-bond donors (Lipinski definition) is 0. The number of carbonyl (C=O) groups excluding carboxylic acids is 1. The summed E-state index contributed by atoms with van der Waals surface area (Å²) in [5.41, 5.74) is 3.49. The highest BCUT2D eigenvalue weighted by Crippen LogP contribution is 2.37. The summed E-state index contributed by atoms with van der Waals surface area (Å²) in [6.07, 6.45) is 10.2. The monoisotopic (exact) mass is 416 g/mol. The molecule has 0 N–H and O–H groups in total. The number of nitrogens with zero attached hydrogens (tertiary/aromatic N) is 4. The van der Waals surface area contributed by atoms with Gasteiger partial charge in [0.25, 0.3) is 5.91 Å². The van der Waals surface area contributed by atoms with E-state index in [1.807, 2.05) is 47.5 Å². The molecule has 0 unspecified atom stereocenters. The second kappa shape index (κ2) is 9.69. The van der Waals surface area contributed by atoms with Gasteiger partial charge in [0.2, 0.25) is 0 Å². The molecule has 0 spiro atoms. The third-order valence-corrected chi connectivity index (χ3v) is 5.75. The summed E-state index contributed by atoms with van der Waals surface area (Å²) in [5.74, 6) is 1.41. The molecule has 1 aliphatic rings. The van der Waals surface area contributed by atoms with Crippen LogP contribution in [0, 0.1) is 0 Å². The fourth-order valence-corrected chi connectivity index (χ4v) is 4.22. The van der Waals surface area contributed by atoms with Gasteiger partial charge in [0.15, 0.2) is 0 Å². The van der Waals surface area contributed by atoms with Crippen LogP contribution in [0.15, 0.2) is 55.0 Å². The number of rotatable bonds is 6. The number of piperidine rings is 1. The van der Waals surface area contributed by atoms with Gasteiger partial charge in [0, 0.05) is 37.1 Å². The summed E-state index contributed by atoms with van der Waals surface area (Å²) in [7, 11) is 1.60. The summed E-state index contributed by atoms with van der Waals surface area (Å²) in [6.45, 7) is 2.82. The number of ether oxygens (including phenoxy) is 1. The van der Waals surface area contributed by atoms with Crippen molar-refractivity contribution in [3.05, 3.63) is 72.1 Å². The third-order valence-electron chi connectivity index (χ3n) is 5.75. The summed E-state index contributed by atoms with van der Waals surface area (Å²) >= 11 is 0. The van der Waals surface area contributed by atoms with Crippen molar-refractivity contribution < 1.29 is 9.53 Å². The molecule has 1 fully saturated rings. The Labute approximate surface area is 183 Å². The van der Waals surface area contributed by atoms with Gasteiger partial charge in [0.1, 0.15) is 11.6 Å². The first-order valence-electron chi connectivity index (χ1n) is 10.9. The van der Waals surface area contributed by atoms with Gasteiger partial charge in [0.05, 0.1) is 24.4 Å². The molecule has 1 atom stereocenters. The second-order valence-electron chi connectivity index (χ2n) is 7.78. The summed E-state index contributed by atoms with van der Waals surface area (Å²) in [4.78, 5) is 29.3. The van der Waals surface area contributed by atoms with Crippen LogP contribution >= 0.6 is 0 Å². The van der Waals surface area contributed by atoms with E-state index in [-0.39, 0.29) is 11.9 Å². The molecule has 4 rings (SSSR count). The number of amides is 1. The molecule has 2 aromatic heterocycles. The first kappa shape index (κ1) is 21.0. The maximum atomic E-state index is 13.6. The molecule has 1 amide bonds. The molecule has 0 radical (unpaired) electrons. The predicted molar refractivity (Wildman–Crippen MR) is 120 cm³/mol. The van der Waals surface area contributed by atoms with Crippen molar-refractivity contribution in [2.24, 2.45) is 0 Å². The Morgan fingerprint density at radius 2 is 1.97 bits per heavy atom. The number of aromatic nitrogens is 3. The van der Waals surface area contributed by atoms with E-state index < -0.39 is 0 Å². The quantitative estimate of drug-likeness (QED) is 0.574. The molecule has 0 bridgehead atoms. The van der Waals surface area contributed by atoms with Crippen molar-refractivity contribution in [1.82, 2.24) is 19.9 Å². The Morgan fingerprint density at radius 3 is 2.74 bits per heavy atom. The van der Waals surface area contributed by atoms with E-state index in [1.54, 1.807) is 19.5 Å². The van der Waals surface area contributed by atoms with Crippen molar-refractivity contribution in [3.63, 3.8) is 0 Å². The lowest BCUT2D eigenvalue weighted by atomic mass is 9.93. The molecule has 1 saturated heterocycles. The summed E-state index contributed by atoms with van der Waals surface area (Å²) < 4.78 is 5.46. The number of likely N-dealkylation sites (tertiary alicyclic amines) is 1. The first-order chi connectivity index (χ1) is 15.2. The van der Waals surface area contributed by atoms with Gasteiger partial charge < -0.3 is 9.64 Å². The molecule has 0 saturated carbocycles. The fourth-order valence-electron chi connectivity index (χ4n) is 4.22. The highest BCUT2D eigenvalue weighted by molar-refractivity contribution is 5.97. The molecular formula is C25H28N4O2. The average Bonchev–Trinajstić information content (AvgIpc) is 2.84. The average molecular weight is 417 g/mol. The van der Waals surface area contributed by atoms with Crippen molar-refractivity contribution in [2.45, 2.75) is 45.1 Å². The number of hydrogen-bond acceptors (Lipinski definition) is 5. The zero-order valence-electron chi connectivity index (χ0n) is 18.1. The zero-order chi connectivity index (χ0) is 21.6. The van der Waals surface area contributed by atoms with Gasteiger partial charge in [-0.05, 0) is 55.5 Å². The molecule has 6 nitrogen and oxygen atoms in total. The zero-order valence-corrected chi connectivity index (χ0v) is 18.1. The number of carbonyl (C=O) groups is 1. The van der Waals surface area contributed by atoms with Crippen LogP contribution in [0.1, 0.15) is 60.5 Å². The minimum absolute atomic E-state index is 0.0153. The number of para-hydroxylation sites is 1. The maximum absolute atomic E-state index is 13.6. The summed E-state index contributed by atoms with van der Waals surface area (Å²) in [5, 5.41) is 0.